The highest BCUT2D eigenvalue weighted by Gasteiger charge is 2.20. The van der Waals surface area contributed by atoms with Crippen LogP contribution in [-0.4, -0.2) is 25.7 Å². The fourth-order valence-corrected chi connectivity index (χ4v) is 3.04. The van der Waals surface area contributed by atoms with Crippen LogP contribution in [0.15, 0.2) is 73.1 Å². The molecule has 2 aromatic heterocycles. The highest BCUT2D eigenvalue weighted by molar-refractivity contribution is 6.33. The molecule has 0 aliphatic carbocycles. The summed E-state index contributed by atoms with van der Waals surface area (Å²) in [7, 11) is 0. The first-order valence-corrected chi connectivity index (χ1v) is 9.46. The Hall–Kier alpha value is -3.51. The highest BCUT2D eigenvalue weighted by Crippen LogP contribution is 2.21. The van der Waals surface area contributed by atoms with Crippen molar-refractivity contribution >= 4 is 23.5 Å². The molecule has 7 heteroatoms. The van der Waals surface area contributed by atoms with Gasteiger partial charge in [0.1, 0.15) is 0 Å². The molecule has 1 N–H and O–H groups in total. The number of nitrogens with zero attached hydrogens (tertiary/aromatic N) is 4. The van der Waals surface area contributed by atoms with E-state index in [-0.39, 0.29) is 5.91 Å². The summed E-state index contributed by atoms with van der Waals surface area (Å²) in [6.07, 6.45) is 3.33. The summed E-state index contributed by atoms with van der Waals surface area (Å²) in [5.74, 6) is 0.393. The van der Waals surface area contributed by atoms with Crippen LogP contribution in [-0.2, 0) is 6.54 Å². The number of rotatable bonds is 5. The summed E-state index contributed by atoms with van der Waals surface area (Å²) in [4.78, 5) is 21.7. The minimum Gasteiger partial charge on any atom is -0.350 e. The first kappa shape index (κ1) is 18.8. The van der Waals surface area contributed by atoms with Crippen LogP contribution in [0.5, 0.6) is 0 Å². The van der Waals surface area contributed by atoms with E-state index >= 15 is 0 Å². The minimum absolute atomic E-state index is 0.342. The fourth-order valence-electron chi connectivity index (χ4n) is 2.82. The number of pyridine rings is 1. The van der Waals surface area contributed by atoms with E-state index in [1.54, 1.807) is 42.7 Å². The van der Waals surface area contributed by atoms with E-state index in [1.165, 1.54) is 10.2 Å². The van der Waals surface area contributed by atoms with Crippen LogP contribution >= 0.6 is 11.6 Å². The summed E-state index contributed by atoms with van der Waals surface area (Å²) < 4.78 is 1.25. The number of hydrogen-bond donors (Lipinski definition) is 1. The van der Waals surface area contributed by atoms with E-state index < -0.39 is 0 Å². The Balaban J connectivity index is 1.70. The molecule has 0 saturated heterocycles. The molecule has 29 heavy (non-hydrogen) atoms. The largest absolute Gasteiger partial charge is 0.350 e. The summed E-state index contributed by atoms with van der Waals surface area (Å²) in [6, 6.07) is 18.7. The zero-order valence-electron chi connectivity index (χ0n) is 15.7. The van der Waals surface area contributed by atoms with E-state index in [1.807, 2.05) is 37.3 Å². The van der Waals surface area contributed by atoms with Crippen LogP contribution in [0.25, 0.3) is 11.4 Å². The third-order valence-electron chi connectivity index (χ3n) is 4.39. The van der Waals surface area contributed by atoms with Gasteiger partial charge in [-0.2, -0.15) is 9.67 Å². The Morgan fingerprint density at radius 1 is 1.07 bits per heavy atom. The number of aryl methyl sites for hydroxylation is 1. The number of aromatic nitrogens is 4. The molecule has 0 spiro atoms. The summed E-state index contributed by atoms with van der Waals surface area (Å²) in [6.45, 7) is 2.54. The minimum atomic E-state index is -0.357. The normalized spacial score (nSPS) is 10.7. The number of anilines is 1. The topological polar surface area (TPSA) is 72.7 Å². The molecule has 0 aliphatic rings. The smallest absolute Gasteiger partial charge is 0.282 e. The lowest BCUT2D eigenvalue weighted by Crippen LogP contribution is -2.18. The van der Waals surface area contributed by atoms with Gasteiger partial charge in [-0.25, -0.2) is 0 Å². The number of carbonyl (C=O) groups is 1. The first-order valence-electron chi connectivity index (χ1n) is 9.08. The van der Waals surface area contributed by atoms with Crippen LogP contribution in [0.1, 0.15) is 21.5 Å². The van der Waals surface area contributed by atoms with Gasteiger partial charge in [-0.3, -0.25) is 9.78 Å². The predicted octanol–water partition coefficient (Wildman–Crippen LogP) is 4.60. The molecule has 0 saturated carbocycles. The van der Waals surface area contributed by atoms with E-state index in [2.05, 4.69) is 20.4 Å². The van der Waals surface area contributed by atoms with Gasteiger partial charge >= 0.3 is 0 Å². The summed E-state index contributed by atoms with van der Waals surface area (Å²) in [5.41, 5.74) is 3.33. The van der Waals surface area contributed by atoms with Crippen molar-refractivity contribution in [3.63, 3.8) is 0 Å². The maximum absolute atomic E-state index is 13.1. The molecule has 0 amide bonds. The van der Waals surface area contributed by atoms with Gasteiger partial charge in [-0.1, -0.05) is 53.6 Å². The molecule has 2 aromatic carbocycles. The van der Waals surface area contributed by atoms with Gasteiger partial charge < -0.3 is 5.32 Å². The molecular weight excluding hydrogens is 386 g/mol. The third-order valence-corrected chi connectivity index (χ3v) is 4.72. The lowest BCUT2D eigenvalue weighted by molar-refractivity contribution is 0.0947. The molecule has 144 valence electrons. The molecule has 4 aromatic rings. The molecule has 6 nitrogen and oxygen atoms in total. The van der Waals surface area contributed by atoms with E-state index in [9.17, 15) is 4.79 Å². The average Bonchev–Trinajstić information content (AvgIpc) is 3.18. The van der Waals surface area contributed by atoms with E-state index in [0.29, 0.717) is 28.9 Å². The maximum atomic E-state index is 13.1. The molecular formula is C22H18ClN5O. The Kier molecular flexibility index (Phi) is 5.35. The second-order valence-corrected chi connectivity index (χ2v) is 6.94. The maximum Gasteiger partial charge on any atom is 0.282 e. The molecule has 0 fully saturated rings. The van der Waals surface area contributed by atoms with Gasteiger partial charge in [0, 0.05) is 24.5 Å². The number of halogens is 1. The van der Waals surface area contributed by atoms with Crippen molar-refractivity contribution < 1.29 is 4.79 Å². The Morgan fingerprint density at radius 2 is 1.86 bits per heavy atom. The quantitative estimate of drug-likeness (QED) is 0.527. The summed E-state index contributed by atoms with van der Waals surface area (Å²) in [5, 5.41) is 7.99. The van der Waals surface area contributed by atoms with Gasteiger partial charge in [-0.15, -0.1) is 5.10 Å². The summed E-state index contributed by atoms with van der Waals surface area (Å²) >= 11 is 6.22. The first-order chi connectivity index (χ1) is 14.1. The van der Waals surface area contributed by atoms with Crippen molar-refractivity contribution in [2.24, 2.45) is 0 Å². The van der Waals surface area contributed by atoms with Crippen molar-refractivity contribution in [2.45, 2.75) is 13.5 Å². The lowest BCUT2D eigenvalue weighted by atomic mass is 10.1. The second kappa shape index (κ2) is 8.24. The van der Waals surface area contributed by atoms with E-state index in [4.69, 9.17) is 11.6 Å². The Morgan fingerprint density at radius 3 is 2.59 bits per heavy atom. The van der Waals surface area contributed by atoms with Crippen LogP contribution in [0, 0.1) is 6.92 Å². The van der Waals surface area contributed by atoms with Crippen molar-refractivity contribution in [1.82, 2.24) is 19.7 Å². The third kappa shape index (κ3) is 4.17. The molecule has 0 aliphatic heterocycles. The van der Waals surface area contributed by atoms with Crippen LogP contribution < -0.4 is 5.32 Å². The van der Waals surface area contributed by atoms with Crippen molar-refractivity contribution in [3.8, 4) is 11.4 Å². The molecule has 0 atom stereocenters. The predicted molar refractivity (Wildman–Crippen MR) is 113 cm³/mol. The molecule has 2 heterocycles. The highest BCUT2D eigenvalue weighted by atomic mass is 35.5. The van der Waals surface area contributed by atoms with Crippen molar-refractivity contribution in [3.05, 3.63) is 94.8 Å². The Labute approximate surface area is 173 Å². The van der Waals surface area contributed by atoms with Crippen molar-refractivity contribution in [2.75, 3.05) is 5.32 Å². The van der Waals surface area contributed by atoms with Gasteiger partial charge in [0.05, 0.1) is 10.6 Å². The monoisotopic (exact) mass is 403 g/mol. The zero-order chi connectivity index (χ0) is 20.2. The second-order valence-electron chi connectivity index (χ2n) is 6.54. The van der Waals surface area contributed by atoms with Crippen LogP contribution in [0.3, 0.4) is 0 Å². The van der Waals surface area contributed by atoms with Gasteiger partial charge in [0.2, 0.25) is 5.95 Å². The van der Waals surface area contributed by atoms with Crippen LogP contribution in [0.4, 0.5) is 5.95 Å². The SMILES string of the molecule is Cc1ccc(CNc2nc(-c3cccnc3)nn2C(=O)c2ccccc2Cl)cc1. The number of hydrogen-bond acceptors (Lipinski definition) is 5. The molecule has 0 unspecified atom stereocenters. The zero-order valence-corrected chi connectivity index (χ0v) is 16.5. The molecule has 0 bridgehead atoms. The fraction of sp³-hybridized carbons (Fsp3) is 0.0909. The Bertz CT molecular complexity index is 1140. The van der Waals surface area contributed by atoms with Gasteiger partial charge in [-0.05, 0) is 36.8 Å². The van der Waals surface area contributed by atoms with Crippen molar-refractivity contribution in [1.29, 1.82) is 0 Å². The van der Waals surface area contributed by atoms with Crippen LogP contribution in [0.2, 0.25) is 5.02 Å². The lowest BCUT2D eigenvalue weighted by Gasteiger charge is -2.08. The average molecular weight is 404 g/mol. The number of carbonyl (C=O) groups excluding carboxylic acids is 1. The molecule has 4 rings (SSSR count). The van der Waals surface area contributed by atoms with Gasteiger partial charge in [0.15, 0.2) is 5.82 Å². The number of nitrogens with one attached hydrogen (secondary N) is 1. The molecule has 0 radical (unpaired) electrons. The number of benzene rings is 2. The van der Waals surface area contributed by atoms with E-state index in [0.717, 1.165) is 11.1 Å². The van der Waals surface area contributed by atoms with Gasteiger partial charge in [0.25, 0.3) is 5.91 Å². The standard InChI is InChI=1S/C22H18ClN5O/c1-15-8-10-16(11-9-15)13-25-22-26-20(17-5-4-12-24-14-17)27-28(22)21(29)18-6-2-3-7-19(18)23/h2-12,14H,13H2,1H3,(H,25,26,27).